The highest BCUT2D eigenvalue weighted by molar-refractivity contribution is 7.60. The van der Waals surface area contributed by atoms with Gasteiger partial charge in [-0.3, -0.25) is 0 Å². The minimum absolute atomic E-state index is 0.306. The average molecular weight is 197 g/mol. The summed E-state index contributed by atoms with van der Waals surface area (Å²) in [5.41, 5.74) is 0. The van der Waals surface area contributed by atoms with Crippen LogP contribution in [0.3, 0.4) is 0 Å². The second kappa shape index (κ2) is 4.17. The van der Waals surface area contributed by atoms with Crippen LogP contribution in [0, 0.1) is 0 Å². The predicted molar refractivity (Wildman–Crippen MR) is 52.3 cm³/mol. The molecule has 0 aliphatic carbocycles. The molecule has 1 nitrogen and oxygen atoms in total. The molecule has 0 unspecified atom stereocenters. The van der Waals surface area contributed by atoms with Crippen LogP contribution < -0.4 is 0 Å². The van der Waals surface area contributed by atoms with E-state index in [9.17, 15) is 0 Å². The zero-order valence-electron chi connectivity index (χ0n) is 4.65. The molecule has 0 amide bonds. The summed E-state index contributed by atoms with van der Waals surface area (Å²) >= 11 is 0. The van der Waals surface area contributed by atoms with Crippen molar-refractivity contribution in [2.75, 3.05) is 0 Å². The van der Waals surface area contributed by atoms with E-state index in [4.69, 9.17) is 4.12 Å². The molecule has 1 fully saturated rings. The Hall–Kier alpha value is 1.26. The summed E-state index contributed by atoms with van der Waals surface area (Å²) in [5.74, 6) is 0. The molecule has 1 aliphatic heterocycles. The fraction of sp³-hybridized carbons (Fsp3) is 0. The minimum atomic E-state index is 0.306. The molecule has 0 atom stereocenters. The second-order valence-corrected chi connectivity index (χ2v) is 43.7. The second-order valence-electron chi connectivity index (χ2n) is 2.03. The molecule has 0 aromatic rings. The summed E-state index contributed by atoms with van der Waals surface area (Å²) < 4.78 is 5.67. The molecule has 1 aliphatic rings. The summed E-state index contributed by atoms with van der Waals surface area (Å²) in [7, 11) is 3.50. The van der Waals surface area contributed by atoms with Crippen molar-refractivity contribution < 1.29 is 4.12 Å². The molecule has 1 rings (SSSR count). The normalized spacial score (nSPS) is 44.6. The molecule has 1 saturated heterocycles. The molecule has 0 spiro atoms. The highest BCUT2D eigenvalue weighted by Gasteiger charge is 1.99. The Balaban J connectivity index is 2.04. The van der Waals surface area contributed by atoms with Gasteiger partial charge >= 0.3 is 0 Å². The molecule has 0 aromatic carbocycles. The molecule has 7 heteroatoms. The first-order valence-electron chi connectivity index (χ1n) is 3.08. The van der Waals surface area contributed by atoms with Gasteiger partial charge in [0.25, 0.3) is 0 Å². The van der Waals surface area contributed by atoms with Crippen molar-refractivity contribution in [3.63, 3.8) is 0 Å². The monoisotopic (exact) mass is 196 g/mol. The first-order valence-corrected chi connectivity index (χ1v) is 24.2. The van der Waals surface area contributed by atoms with Gasteiger partial charge in [0.2, 0.25) is 0 Å². The van der Waals surface area contributed by atoms with Crippen LogP contribution in [-0.2, 0) is 4.12 Å². The van der Waals surface area contributed by atoms with Gasteiger partial charge in [0.05, 0.1) is 0 Å². The molecule has 0 radical (unpaired) electrons. The van der Waals surface area contributed by atoms with Crippen LogP contribution in [0.15, 0.2) is 0 Å². The van der Waals surface area contributed by atoms with Crippen LogP contribution in [0.25, 0.3) is 0 Å². The van der Waals surface area contributed by atoms with Crippen LogP contribution in [0.4, 0.5) is 0 Å². The zero-order valence-corrected chi connectivity index (χ0v) is 13.1. The van der Waals surface area contributed by atoms with Crippen LogP contribution in [0.2, 0.25) is 0 Å². The van der Waals surface area contributed by atoms with Crippen molar-refractivity contribution >= 4 is 52.8 Å². The van der Waals surface area contributed by atoms with E-state index in [1.165, 1.54) is 0 Å². The highest BCUT2D eigenvalue weighted by atomic mass is 29.9. The van der Waals surface area contributed by atoms with E-state index >= 15 is 0 Å². The summed E-state index contributed by atoms with van der Waals surface area (Å²) in [5, 5.41) is 0. The first kappa shape index (κ1) is 6.38. The third-order valence-corrected chi connectivity index (χ3v) is 76.3. The van der Waals surface area contributed by atoms with Crippen LogP contribution in [-0.4, -0.2) is 52.8 Å². The third kappa shape index (κ3) is 2.95. The number of rotatable bonds is 0. The Kier molecular flexibility index (Phi) is 3.80. The Morgan fingerprint density at radius 3 is 1.86 bits per heavy atom. The van der Waals surface area contributed by atoms with Gasteiger partial charge in [-0.05, 0) is 17.1 Å². The molecular formula is H12OSi6. The van der Waals surface area contributed by atoms with Gasteiger partial charge in [-0.25, -0.2) is 0 Å². The lowest BCUT2D eigenvalue weighted by molar-refractivity contribution is 0.675. The van der Waals surface area contributed by atoms with E-state index in [2.05, 4.69) is 0 Å². The molecule has 7 heavy (non-hydrogen) atoms. The van der Waals surface area contributed by atoms with E-state index in [0.29, 0.717) is 35.7 Å². The lowest BCUT2D eigenvalue weighted by Gasteiger charge is -1.90. The summed E-state index contributed by atoms with van der Waals surface area (Å²) in [6.45, 7) is 0. The first-order chi connectivity index (χ1) is 3.50. The minimum Gasteiger partial charge on any atom is -0.472 e. The van der Waals surface area contributed by atoms with Crippen molar-refractivity contribution in [2.24, 2.45) is 0 Å². The van der Waals surface area contributed by atoms with Crippen molar-refractivity contribution in [1.29, 1.82) is 0 Å². The van der Waals surface area contributed by atoms with Gasteiger partial charge in [0.1, 0.15) is 18.6 Å². The van der Waals surface area contributed by atoms with Crippen molar-refractivity contribution in [1.82, 2.24) is 0 Å². The Labute approximate surface area is 57.1 Å². The van der Waals surface area contributed by atoms with Gasteiger partial charge in [-0.2, -0.15) is 0 Å². The van der Waals surface area contributed by atoms with E-state index in [0.717, 1.165) is 17.1 Å². The SMILES string of the molecule is O1[SiH2][SiH2][SiH2][SiH2][SiH2][SiH2]1. The van der Waals surface area contributed by atoms with Crippen molar-refractivity contribution in [3.05, 3.63) is 0 Å². The fourth-order valence-electron chi connectivity index (χ4n) is 0.864. The van der Waals surface area contributed by atoms with Gasteiger partial charge in [-0.1, -0.05) is 0 Å². The summed E-state index contributed by atoms with van der Waals surface area (Å²) in [4.78, 5) is 0. The predicted octanol–water partition coefficient (Wildman–Crippen LogP) is -5.57. The van der Waals surface area contributed by atoms with Gasteiger partial charge in [-0.15, -0.1) is 0 Å². The maximum atomic E-state index is 5.67. The van der Waals surface area contributed by atoms with Crippen molar-refractivity contribution in [3.8, 4) is 0 Å². The quantitative estimate of drug-likeness (QED) is 0.351. The molecule has 0 aromatic heterocycles. The molecule has 1 heterocycles. The molecule has 0 saturated carbocycles. The Bertz CT molecular complexity index is 23.8. The zero-order chi connectivity index (χ0) is 4.95. The summed E-state index contributed by atoms with van der Waals surface area (Å²) in [6.07, 6.45) is 0. The van der Waals surface area contributed by atoms with E-state index in [1.54, 1.807) is 0 Å². The summed E-state index contributed by atoms with van der Waals surface area (Å²) in [6, 6.07) is 0. The van der Waals surface area contributed by atoms with Crippen molar-refractivity contribution in [2.45, 2.75) is 0 Å². The maximum absolute atomic E-state index is 5.67. The van der Waals surface area contributed by atoms with Crippen LogP contribution in [0.5, 0.6) is 0 Å². The Morgan fingerprint density at radius 1 is 0.714 bits per heavy atom. The molecule has 0 bridgehead atoms. The Morgan fingerprint density at radius 2 is 1.29 bits per heavy atom. The van der Waals surface area contributed by atoms with Gasteiger partial charge < -0.3 is 4.12 Å². The molecule has 42 valence electrons. The van der Waals surface area contributed by atoms with Crippen LogP contribution in [0.1, 0.15) is 0 Å². The largest absolute Gasteiger partial charge is 0.472 e. The topological polar surface area (TPSA) is 9.23 Å². The lowest BCUT2D eigenvalue weighted by atomic mass is 15.8. The smallest absolute Gasteiger partial charge is 0.123 e. The van der Waals surface area contributed by atoms with E-state index in [1.807, 2.05) is 0 Å². The highest BCUT2D eigenvalue weighted by Crippen LogP contribution is 1.68. The lowest BCUT2D eigenvalue weighted by Crippen LogP contribution is -2.18. The van der Waals surface area contributed by atoms with Gasteiger partial charge in [0.15, 0.2) is 0 Å². The standard InChI is InChI=1S/H12OSi6/c1-2-4-6-7-5-3-1/h2-7H2. The molecular weight excluding hydrogens is 185 g/mol. The van der Waals surface area contributed by atoms with Crippen LogP contribution >= 0.6 is 0 Å². The van der Waals surface area contributed by atoms with E-state index in [-0.39, 0.29) is 0 Å². The fourth-order valence-corrected chi connectivity index (χ4v) is 127. The molecule has 0 N–H and O–H groups in total. The number of hydrogen-bond donors (Lipinski definition) is 0. The maximum Gasteiger partial charge on any atom is 0.123 e. The average Bonchev–Trinajstić information content (AvgIpc) is 1.90. The third-order valence-electron chi connectivity index (χ3n) is 1.33. The van der Waals surface area contributed by atoms with E-state index < -0.39 is 0 Å². The van der Waals surface area contributed by atoms with Gasteiger partial charge in [0, 0.05) is 17.1 Å². The number of hydrogen-bond acceptors (Lipinski definition) is 1.